The van der Waals surface area contributed by atoms with Crippen molar-refractivity contribution in [3.05, 3.63) is 41.0 Å². The molecule has 0 saturated carbocycles. The van der Waals surface area contributed by atoms with E-state index < -0.39 is 30.0 Å². The molecule has 1 aliphatic rings. The van der Waals surface area contributed by atoms with Crippen LogP contribution in [0.25, 0.3) is 6.08 Å². The number of esters is 2. The fourth-order valence-electron chi connectivity index (χ4n) is 3.96. The molecule has 1 aromatic rings. The molecule has 3 atom stereocenters. The highest BCUT2D eigenvalue weighted by atomic mass is 16.6. The highest BCUT2D eigenvalue weighted by Gasteiger charge is 2.50. The number of rotatable bonds is 7. The molecule has 1 aromatic carbocycles. The second-order valence-electron chi connectivity index (χ2n) is 7.44. The number of hydrogen-bond acceptors (Lipinski definition) is 7. The van der Waals surface area contributed by atoms with Crippen molar-refractivity contribution in [2.75, 3.05) is 27.4 Å². The third kappa shape index (κ3) is 5.71. The van der Waals surface area contributed by atoms with Crippen molar-refractivity contribution in [1.82, 2.24) is 4.90 Å². The Hall–Kier alpha value is -3.16. The van der Waals surface area contributed by atoms with Gasteiger partial charge in [0.15, 0.2) is 5.78 Å². The predicted molar refractivity (Wildman–Crippen MR) is 113 cm³/mol. The number of nitrogens with zero attached hydrogens (tertiary/aromatic N) is 1. The minimum atomic E-state index is -0.972. The van der Waals surface area contributed by atoms with Crippen LogP contribution in [-0.2, 0) is 23.8 Å². The van der Waals surface area contributed by atoms with E-state index in [1.807, 2.05) is 19.1 Å². The zero-order valence-electron chi connectivity index (χ0n) is 18.5. The van der Waals surface area contributed by atoms with Gasteiger partial charge in [-0.25, -0.2) is 9.59 Å². The number of hydrogen-bond donors (Lipinski definition) is 0. The summed E-state index contributed by atoms with van der Waals surface area (Å²) in [5.41, 5.74) is 2.25. The van der Waals surface area contributed by atoms with Gasteiger partial charge in [-0.3, -0.25) is 14.5 Å². The molecule has 0 bridgehead atoms. The number of methoxy groups -OCH3 is 2. The fraction of sp³-hybridized carbons (Fsp3) is 0.478. The average molecular weight is 431 g/mol. The molecule has 1 saturated heterocycles. The van der Waals surface area contributed by atoms with Gasteiger partial charge in [-0.15, -0.1) is 0 Å². The summed E-state index contributed by atoms with van der Waals surface area (Å²) < 4.78 is 14.9. The van der Waals surface area contributed by atoms with Crippen LogP contribution in [-0.4, -0.2) is 62.1 Å². The quantitative estimate of drug-likeness (QED) is 0.372. The summed E-state index contributed by atoms with van der Waals surface area (Å²) in [6, 6.07) is 6.19. The van der Waals surface area contributed by atoms with Crippen LogP contribution in [0, 0.1) is 11.8 Å². The molecule has 0 radical (unpaired) electrons. The topological polar surface area (TPSA) is 99.2 Å². The number of likely N-dealkylation sites (tertiary alicyclic amines) is 1. The second-order valence-corrected chi connectivity index (χ2v) is 7.44. The summed E-state index contributed by atoms with van der Waals surface area (Å²) in [4.78, 5) is 50.2. The molecule has 1 amide bonds. The summed E-state index contributed by atoms with van der Waals surface area (Å²) in [7, 11) is 2.52. The predicted octanol–water partition coefficient (Wildman–Crippen LogP) is 3.10. The molecule has 168 valence electrons. The van der Waals surface area contributed by atoms with E-state index in [9.17, 15) is 19.2 Å². The zero-order chi connectivity index (χ0) is 23.1. The normalized spacial score (nSPS) is 20.9. The number of carbonyl (C=O) groups excluding carboxylic acids is 4. The number of amides is 1. The third-order valence-corrected chi connectivity index (χ3v) is 5.50. The van der Waals surface area contributed by atoms with Gasteiger partial charge in [0.2, 0.25) is 0 Å². The van der Waals surface area contributed by atoms with Crippen LogP contribution < -0.4 is 0 Å². The fourth-order valence-corrected chi connectivity index (χ4v) is 3.96. The van der Waals surface area contributed by atoms with E-state index in [0.29, 0.717) is 5.56 Å². The van der Waals surface area contributed by atoms with E-state index in [2.05, 4.69) is 0 Å². The molecule has 1 fully saturated rings. The van der Waals surface area contributed by atoms with E-state index in [1.54, 1.807) is 25.1 Å². The summed E-state index contributed by atoms with van der Waals surface area (Å²) in [5, 5.41) is 0. The molecule has 0 spiro atoms. The van der Waals surface area contributed by atoms with Crippen LogP contribution >= 0.6 is 0 Å². The van der Waals surface area contributed by atoms with Gasteiger partial charge in [0.05, 0.1) is 27.2 Å². The Morgan fingerprint density at radius 1 is 1.13 bits per heavy atom. The van der Waals surface area contributed by atoms with E-state index in [4.69, 9.17) is 14.2 Å². The zero-order valence-corrected chi connectivity index (χ0v) is 18.5. The minimum absolute atomic E-state index is 0.0448. The van der Waals surface area contributed by atoms with Crippen molar-refractivity contribution < 1.29 is 33.4 Å². The van der Waals surface area contributed by atoms with Crippen LogP contribution in [0.3, 0.4) is 0 Å². The molecule has 8 heteroatoms. The van der Waals surface area contributed by atoms with Crippen molar-refractivity contribution in [3.63, 3.8) is 0 Å². The summed E-state index contributed by atoms with van der Waals surface area (Å²) in [5.74, 6) is -2.00. The molecule has 2 rings (SSSR count). The number of ketones is 1. The van der Waals surface area contributed by atoms with Crippen LogP contribution in [0.15, 0.2) is 29.8 Å². The third-order valence-electron chi connectivity index (χ3n) is 5.50. The molecule has 31 heavy (non-hydrogen) atoms. The summed E-state index contributed by atoms with van der Waals surface area (Å²) >= 11 is 0. The molecule has 1 heterocycles. The van der Waals surface area contributed by atoms with Gasteiger partial charge >= 0.3 is 18.0 Å². The average Bonchev–Trinajstić information content (AvgIpc) is 3.12. The Bertz CT molecular complexity index is 876. The first-order valence-electron chi connectivity index (χ1n) is 10.1. The molecule has 8 nitrogen and oxygen atoms in total. The Balaban J connectivity index is 2.46. The van der Waals surface area contributed by atoms with Gasteiger partial charge in [-0.1, -0.05) is 29.8 Å². The van der Waals surface area contributed by atoms with Crippen molar-refractivity contribution >= 4 is 29.9 Å². The first kappa shape index (κ1) is 24.1. The van der Waals surface area contributed by atoms with Crippen molar-refractivity contribution in [2.45, 2.75) is 33.2 Å². The van der Waals surface area contributed by atoms with Gasteiger partial charge in [0, 0.05) is 23.9 Å². The number of Topliss-reactive ketones (excluding diaryl/α,β-unsaturated/α-hetero) is 1. The maximum atomic E-state index is 12.6. The Labute approximate surface area is 182 Å². The number of ether oxygens (including phenoxy) is 3. The lowest BCUT2D eigenvalue weighted by Gasteiger charge is -2.25. The smallest absolute Gasteiger partial charge is 0.410 e. The SMILES string of the molecule is CCOC(=O)N1C[C@H](/C(C)=C/c2cccc(C(C)=O)c2)[C@H](CC(=O)OC)[C@H]1C(=O)OC. The first-order chi connectivity index (χ1) is 14.7. The summed E-state index contributed by atoms with van der Waals surface area (Å²) in [6.07, 6.45) is 1.20. The van der Waals surface area contributed by atoms with Crippen molar-refractivity contribution in [2.24, 2.45) is 11.8 Å². The van der Waals surface area contributed by atoms with Gasteiger partial charge in [0.1, 0.15) is 6.04 Å². The Morgan fingerprint density at radius 2 is 1.84 bits per heavy atom. The largest absolute Gasteiger partial charge is 0.469 e. The number of carbonyl (C=O) groups is 4. The lowest BCUT2D eigenvalue weighted by molar-refractivity contribution is -0.148. The molecule has 1 aliphatic heterocycles. The highest BCUT2D eigenvalue weighted by Crippen LogP contribution is 2.39. The van der Waals surface area contributed by atoms with Crippen molar-refractivity contribution in [1.29, 1.82) is 0 Å². The molecular formula is C23H29NO7. The highest BCUT2D eigenvalue weighted by molar-refractivity contribution is 5.94. The molecule has 0 N–H and O–H groups in total. The van der Waals surface area contributed by atoms with E-state index in [0.717, 1.165) is 11.1 Å². The van der Waals surface area contributed by atoms with Crippen LogP contribution in [0.4, 0.5) is 4.79 Å². The molecule has 0 aromatic heterocycles. The van der Waals surface area contributed by atoms with E-state index in [-0.39, 0.29) is 31.3 Å². The lowest BCUT2D eigenvalue weighted by atomic mass is 9.82. The minimum Gasteiger partial charge on any atom is -0.469 e. The molecule has 0 unspecified atom stereocenters. The van der Waals surface area contributed by atoms with Crippen LogP contribution in [0.5, 0.6) is 0 Å². The van der Waals surface area contributed by atoms with Gasteiger partial charge in [0.25, 0.3) is 0 Å². The van der Waals surface area contributed by atoms with E-state index in [1.165, 1.54) is 26.0 Å². The standard InChI is InChI=1S/C23H29NO7/c1-6-31-23(28)24-13-19(18(12-20(26)29-4)21(24)22(27)30-5)14(2)10-16-8-7-9-17(11-16)15(3)25/h7-11,18-19,21H,6,12-13H2,1-5H3/b14-10+/t18-,19+,21-/m0/s1. The van der Waals surface area contributed by atoms with Gasteiger partial charge in [-0.2, -0.15) is 0 Å². The Kier molecular flexibility index (Phi) is 8.36. The van der Waals surface area contributed by atoms with E-state index >= 15 is 0 Å². The van der Waals surface area contributed by atoms with Crippen molar-refractivity contribution in [3.8, 4) is 0 Å². The van der Waals surface area contributed by atoms with Crippen LogP contribution in [0.2, 0.25) is 0 Å². The van der Waals surface area contributed by atoms with Gasteiger partial charge < -0.3 is 14.2 Å². The summed E-state index contributed by atoms with van der Waals surface area (Å²) in [6.45, 7) is 5.39. The maximum Gasteiger partial charge on any atom is 0.410 e. The number of benzene rings is 1. The monoisotopic (exact) mass is 431 g/mol. The lowest BCUT2D eigenvalue weighted by Crippen LogP contribution is -2.44. The Morgan fingerprint density at radius 3 is 2.42 bits per heavy atom. The molecule has 0 aliphatic carbocycles. The molecular weight excluding hydrogens is 402 g/mol. The first-order valence-corrected chi connectivity index (χ1v) is 10.1. The van der Waals surface area contributed by atoms with Crippen LogP contribution in [0.1, 0.15) is 43.1 Å². The maximum absolute atomic E-state index is 12.6. The second kappa shape index (κ2) is 10.7. The van der Waals surface area contributed by atoms with Gasteiger partial charge in [-0.05, 0) is 32.4 Å².